The van der Waals surface area contributed by atoms with Crippen LogP contribution in [0.5, 0.6) is 5.75 Å². The first kappa shape index (κ1) is 18.2. The summed E-state index contributed by atoms with van der Waals surface area (Å²) in [6, 6.07) is 10.3. The van der Waals surface area contributed by atoms with Gasteiger partial charge in [0.15, 0.2) is 0 Å². The van der Waals surface area contributed by atoms with Crippen LogP contribution in [0.25, 0.3) is 0 Å². The molecule has 7 heteroatoms. The molecule has 2 amide bonds. The largest absolute Gasteiger partial charge is 0.495 e. The van der Waals surface area contributed by atoms with Crippen molar-refractivity contribution in [1.82, 2.24) is 5.32 Å². The van der Waals surface area contributed by atoms with Crippen molar-refractivity contribution >= 4 is 29.1 Å². The molecule has 26 heavy (non-hydrogen) atoms. The maximum absolute atomic E-state index is 13.0. The summed E-state index contributed by atoms with van der Waals surface area (Å²) in [5, 5.41) is 3.19. The van der Waals surface area contributed by atoms with Gasteiger partial charge in [0.05, 0.1) is 18.6 Å². The number of amides is 2. The Morgan fingerprint density at radius 3 is 2.69 bits per heavy atom. The number of methoxy groups -OCH3 is 1. The van der Waals surface area contributed by atoms with Crippen molar-refractivity contribution < 1.29 is 18.7 Å². The van der Waals surface area contributed by atoms with Gasteiger partial charge in [0.2, 0.25) is 11.8 Å². The van der Waals surface area contributed by atoms with Crippen molar-refractivity contribution in [2.45, 2.75) is 18.9 Å². The maximum atomic E-state index is 13.0. The van der Waals surface area contributed by atoms with E-state index in [1.54, 1.807) is 35.2 Å². The lowest BCUT2D eigenvalue weighted by Gasteiger charge is -2.17. The first-order chi connectivity index (χ1) is 12.5. The van der Waals surface area contributed by atoms with E-state index < -0.39 is 6.04 Å². The Morgan fingerprint density at radius 1 is 1.31 bits per heavy atom. The molecule has 3 rings (SSSR count). The van der Waals surface area contributed by atoms with E-state index in [0.29, 0.717) is 29.4 Å². The molecule has 2 aromatic rings. The smallest absolute Gasteiger partial charge is 0.249 e. The van der Waals surface area contributed by atoms with E-state index in [2.05, 4.69) is 5.32 Å². The van der Waals surface area contributed by atoms with E-state index in [-0.39, 0.29) is 24.1 Å². The van der Waals surface area contributed by atoms with Crippen LogP contribution in [0.15, 0.2) is 42.5 Å². The molecule has 0 saturated carbocycles. The van der Waals surface area contributed by atoms with E-state index >= 15 is 0 Å². The highest BCUT2D eigenvalue weighted by Gasteiger charge is 2.33. The van der Waals surface area contributed by atoms with Crippen LogP contribution >= 0.6 is 11.6 Å². The lowest BCUT2D eigenvalue weighted by molar-refractivity contribution is -0.126. The van der Waals surface area contributed by atoms with Gasteiger partial charge in [0.1, 0.15) is 17.6 Å². The lowest BCUT2D eigenvalue weighted by atomic mass is 10.1. The molecule has 1 heterocycles. The Hall–Kier alpha value is -2.60. The third-order valence-electron chi connectivity index (χ3n) is 4.26. The number of anilines is 1. The highest BCUT2D eigenvalue weighted by atomic mass is 35.5. The Bertz CT molecular complexity index is 826. The van der Waals surface area contributed by atoms with Crippen molar-refractivity contribution in [3.05, 3.63) is 58.9 Å². The van der Waals surface area contributed by atoms with E-state index in [4.69, 9.17) is 16.3 Å². The minimum atomic E-state index is -0.582. The van der Waals surface area contributed by atoms with Gasteiger partial charge >= 0.3 is 0 Å². The highest BCUT2D eigenvalue weighted by Crippen LogP contribution is 2.25. The summed E-state index contributed by atoms with van der Waals surface area (Å²) < 4.78 is 18.1. The summed E-state index contributed by atoms with van der Waals surface area (Å²) in [5.74, 6) is -0.275. The van der Waals surface area contributed by atoms with Crippen molar-refractivity contribution in [1.29, 1.82) is 0 Å². The quantitative estimate of drug-likeness (QED) is 0.872. The molecule has 0 spiro atoms. The van der Waals surface area contributed by atoms with Gasteiger partial charge in [-0.2, -0.15) is 0 Å². The van der Waals surface area contributed by atoms with Crippen LogP contribution in [0.1, 0.15) is 12.0 Å². The molecule has 1 atom stereocenters. The van der Waals surface area contributed by atoms with Gasteiger partial charge in [0, 0.05) is 12.2 Å². The summed E-state index contributed by atoms with van der Waals surface area (Å²) in [6.45, 7) is 0.476. The highest BCUT2D eigenvalue weighted by molar-refractivity contribution is 6.32. The predicted octanol–water partition coefficient (Wildman–Crippen LogP) is 2.95. The van der Waals surface area contributed by atoms with E-state index in [0.717, 1.165) is 5.56 Å². The Labute approximate surface area is 155 Å². The SMILES string of the molecule is COc1ccc(CC(=O)N[C@H]2CCN(c3ccc(F)cc3)C2=O)cc1Cl. The zero-order valence-electron chi connectivity index (χ0n) is 14.2. The monoisotopic (exact) mass is 376 g/mol. The second kappa shape index (κ2) is 7.74. The van der Waals surface area contributed by atoms with Crippen LogP contribution in [0.2, 0.25) is 5.02 Å². The van der Waals surface area contributed by atoms with Gasteiger partial charge in [-0.15, -0.1) is 0 Å². The van der Waals surface area contributed by atoms with Crippen molar-refractivity contribution in [2.24, 2.45) is 0 Å². The van der Waals surface area contributed by atoms with Gasteiger partial charge in [-0.05, 0) is 48.4 Å². The minimum absolute atomic E-state index is 0.115. The molecule has 5 nitrogen and oxygen atoms in total. The van der Waals surface area contributed by atoms with Crippen LogP contribution < -0.4 is 15.0 Å². The minimum Gasteiger partial charge on any atom is -0.495 e. The zero-order valence-corrected chi connectivity index (χ0v) is 14.9. The molecule has 2 aromatic carbocycles. The summed E-state index contributed by atoms with van der Waals surface area (Å²) in [4.78, 5) is 26.3. The molecular weight excluding hydrogens is 359 g/mol. The van der Waals surface area contributed by atoms with Gasteiger partial charge in [0.25, 0.3) is 0 Å². The molecule has 1 N–H and O–H groups in total. The van der Waals surface area contributed by atoms with Crippen molar-refractivity contribution in [3.8, 4) is 5.75 Å². The Morgan fingerprint density at radius 2 is 2.04 bits per heavy atom. The standard InChI is InChI=1S/C19H18ClFN2O3/c1-26-17-7-2-12(10-15(17)20)11-18(24)22-16-8-9-23(19(16)25)14-5-3-13(21)4-6-14/h2-7,10,16H,8-9,11H2,1H3,(H,22,24)/t16-/m0/s1. The number of hydrogen-bond acceptors (Lipinski definition) is 3. The fourth-order valence-electron chi connectivity index (χ4n) is 2.94. The molecule has 1 saturated heterocycles. The van der Waals surface area contributed by atoms with Crippen molar-refractivity contribution in [3.63, 3.8) is 0 Å². The number of nitrogens with one attached hydrogen (secondary N) is 1. The van der Waals surface area contributed by atoms with Gasteiger partial charge in [-0.3, -0.25) is 9.59 Å². The second-order valence-electron chi connectivity index (χ2n) is 6.02. The number of carbonyl (C=O) groups excluding carboxylic acids is 2. The topological polar surface area (TPSA) is 58.6 Å². The molecule has 0 radical (unpaired) electrons. The molecule has 0 unspecified atom stereocenters. The van der Waals surface area contributed by atoms with E-state index in [1.807, 2.05) is 0 Å². The molecular formula is C19H18ClFN2O3. The fraction of sp³-hybridized carbons (Fsp3) is 0.263. The molecule has 1 aliphatic heterocycles. The maximum Gasteiger partial charge on any atom is 0.249 e. The number of ether oxygens (including phenoxy) is 1. The first-order valence-electron chi connectivity index (χ1n) is 8.16. The Balaban J connectivity index is 1.60. The number of benzene rings is 2. The van der Waals surface area contributed by atoms with Crippen LogP contribution in [0.3, 0.4) is 0 Å². The third kappa shape index (κ3) is 3.96. The fourth-order valence-corrected chi connectivity index (χ4v) is 3.22. The average Bonchev–Trinajstić information content (AvgIpc) is 2.96. The number of rotatable bonds is 5. The molecule has 0 aromatic heterocycles. The Kier molecular flexibility index (Phi) is 5.42. The third-order valence-corrected chi connectivity index (χ3v) is 4.56. The van der Waals surface area contributed by atoms with Crippen LogP contribution in [0.4, 0.5) is 10.1 Å². The molecule has 136 valence electrons. The summed E-state index contributed by atoms with van der Waals surface area (Å²) in [6.07, 6.45) is 0.620. The molecule has 1 aliphatic rings. The summed E-state index contributed by atoms with van der Waals surface area (Å²) >= 11 is 6.06. The molecule has 0 bridgehead atoms. The molecule has 1 fully saturated rings. The second-order valence-corrected chi connectivity index (χ2v) is 6.43. The summed E-state index contributed by atoms with van der Waals surface area (Å²) in [7, 11) is 1.52. The van der Waals surface area contributed by atoms with Crippen LogP contribution in [-0.4, -0.2) is 31.5 Å². The van der Waals surface area contributed by atoms with Crippen LogP contribution in [0, 0.1) is 5.82 Å². The lowest BCUT2D eigenvalue weighted by Crippen LogP contribution is -2.42. The van der Waals surface area contributed by atoms with E-state index in [9.17, 15) is 14.0 Å². The van der Waals surface area contributed by atoms with Gasteiger partial charge < -0.3 is 15.0 Å². The van der Waals surface area contributed by atoms with Crippen molar-refractivity contribution in [2.75, 3.05) is 18.6 Å². The van der Waals surface area contributed by atoms with Gasteiger partial charge in [-0.25, -0.2) is 4.39 Å². The van der Waals surface area contributed by atoms with E-state index in [1.165, 1.54) is 19.2 Å². The first-order valence-corrected chi connectivity index (χ1v) is 8.54. The predicted molar refractivity (Wildman–Crippen MR) is 97.0 cm³/mol. The average molecular weight is 377 g/mol. The van der Waals surface area contributed by atoms with Crippen LogP contribution in [-0.2, 0) is 16.0 Å². The number of carbonyl (C=O) groups is 2. The zero-order chi connectivity index (χ0) is 18.7. The number of hydrogen-bond donors (Lipinski definition) is 1. The van der Waals surface area contributed by atoms with Gasteiger partial charge in [-0.1, -0.05) is 17.7 Å². The number of halogens is 2. The number of nitrogens with zero attached hydrogens (tertiary/aromatic N) is 1. The molecule has 0 aliphatic carbocycles. The normalized spacial score (nSPS) is 16.7. The summed E-state index contributed by atoms with van der Waals surface area (Å²) in [5.41, 5.74) is 1.35.